The van der Waals surface area contributed by atoms with Crippen LogP contribution in [0.3, 0.4) is 0 Å². The third-order valence-electron chi connectivity index (χ3n) is 2.47. The minimum absolute atomic E-state index is 0.00830. The van der Waals surface area contributed by atoms with Crippen molar-refractivity contribution >= 4 is 17.7 Å². The van der Waals surface area contributed by atoms with E-state index in [-0.39, 0.29) is 24.6 Å². The lowest BCUT2D eigenvalue weighted by Crippen LogP contribution is -2.32. The van der Waals surface area contributed by atoms with Gasteiger partial charge in [-0.25, -0.2) is 4.79 Å². The number of rotatable bonds is 7. The lowest BCUT2D eigenvalue weighted by atomic mass is 10.1. The molecule has 6 nitrogen and oxygen atoms in total. The number of carbonyl (C=O) groups is 2. The fraction of sp³-hybridized carbons (Fsp3) is 0.385. The number of anilines is 1. The summed E-state index contributed by atoms with van der Waals surface area (Å²) in [6.45, 7) is -0.988. The lowest BCUT2D eigenvalue weighted by Gasteiger charge is -2.11. The molecule has 21 heavy (non-hydrogen) atoms. The minimum atomic E-state index is -2.90. The summed E-state index contributed by atoms with van der Waals surface area (Å²) in [6.07, 6.45) is -0.0417. The second-order valence-corrected chi connectivity index (χ2v) is 4.44. The zero-order chi connectivity index (χ0) is 15.8. The van der Waals surface area contributed by atoms with E-state index in [1.807, 2.05) is 0 Å². The van der Waals surface area contributed by atoms with E-state index in [0.29, 0.717) is 5.69 Å². The Kier molecular flexibility index (Phi) is 6.38. The number of carboxylic acids is 1. The van der Waals surface area contributed by atoms with Crippen LogP contribution in [0, 0.1) is 5.92 Å². The molecule has 0 fully saturated rings. The monoisotopic (exact) mass is 302 g/mol. The Hall–Kier alpha value is -2.38. The van der Waals surface area contributed by atoms with Gasteiger partial charge in [0, 0.05) is 18.7 Å². The van der Waals surface area contributed by atoms with Gasteiger partial charge in [-0.1, -0.05) is 6.92 Å². The quantitative estimate of drug-likeness (QED) is 0.722. The Morgan fingerprint density at radius 1 is 1.29 bits per heavy atom. The first-order chi connectivity index (χ1) is 9.86. The van der Waals surface area contributed by atoms with E-state index in [0.717, 1.165) is 0 Å². The van der Waals surface area contributed by atoms with Gasteiger partial charge < -0.3 is 20.5 Å². The van der Waals surface area contributed by atoms with Gasteiger partial charge in [0.05, 0.1) is 0 Å². The number of amides is 2. The van der Waals surface area contributed by atoms with E-state index >= 15 is 0 Å². The summed E-state index contributed by atoms with van der Waals surface area (Å²) in [5.41, 5.74) is 0.403. The van der Waals surface area contributed by atoms with Crippen LogP contribution in [-0.2, 0) is 4.79 Å². The van der Waals surface area contributed by atoms with Crippen LogP contribution >= 0.6 is 0 Å². The highest BCUT2D eigenvalue weighted by atomic mass is 19.3. The van der Waals surface area contributed by atoms with Crippen LogP contribution in [0.5, 0.6) is 5.75 Å². The van der Waals surface area contributed by atoms with Gasteiger partial charge in [0.15, 0.2) is 0 Å². The molecule has 2 amide bonds. The molecular weight excluding hydrogens is 286 g/mol. The predicted octanol–water partition coefficient (Wildman–Crippen LogP) is 2.52. The molecule has 116 valence electrons. The molecule has 3 N–H and O–H groups in total. The number of nitrogens with one attached hydrogen (secondary N) is 2. The highest BCUT2D eigenvalue weighted by molar-refractivity contribution is 5.89. The first kappa shape index (κ1) is 16.7. The van der Waals surface area contributed by atoms with Gasteiger partial charge in [-0.05, 0) is 30.2 Å². The van der Waals surface area contributed by atoms with E-state index in [1.54, 1.807) is 6.92 Å². The van der Waals surface area contributed by atoms with Gasteiger partial charge in [-0.15, -0.1) is 0 Å². The van der Waals surface area contributed by atoms with Crippen molar-refractivity contribution in [2.75, 3.05) is 11.9 Å². The van der Waals surface area contributed by atoms with Crippen LogP contribution in [0.2, 0.25) is 0 Å². The molecule has 0 aliphatic heterocycles. The Bertz CT molecular complexity index is 480. The lowest BCUT2D eigenvalue weighted by molar-refractivity contribution is -0.137. The normalized spacial score (nSPS) is 11.8. The summed E-state index contributed by atoms with van der Waals surface area (Å²) < 4.78 is 28.1. The summed E-state index contributed by atoms with van der Waals surface area (Å²) in [5, 5.41) is 13.6. The number of halogens is 2. The first-order valence-electron chi connectivity index (χ1n) is 6.18. The number of carboxylic acid groups (broad SMARTS) is 1. The van der Waals surface area contributed by atoms with Crippen molar-refractivity contribution in [1.82, 2.24) is 5.32 Å². The van der Waals surface area contributed by atoms with E-state index in [2.05, 4.69) is 15.4 Å². The molecular formula is C13H16F2N2O4. The Morgan fingerprint density at radius 3 is 2.43 bits per heavy atom. The Morgan fingerprint density at radius 2 is 1.90 bits per heavy atom. The topological polar surface area (TPSA) is 87.7 Å². The molecule has 8 heteroatoms. The van der Waals surface area contributed by atoms with E-state index in [4.69, 9.17) is 5.11 Å². The second-order valence-electron chi connectivity index (χ2n) is 4.44. The van der Waals surface area contributed by atoms with Crippen molar-refractivity contribution in [2.45, 2.75) is 20.0 Å². The molecule has 1 atom stereocenters. The van der Waals surface area contributed by atoms with Crippen LogP contribution in [0.1, 0.15) is 13.3 Å². The van der Waals surface area contributed by atoms with Gasteiger partial charge in [-0.3, -0.25) is 4.79 Å². The number of aliphatic carboxylic acids is 1. The molecule has 0 aliphatic rings. The predicted molar refractivity (Wildman–Crippen MR) is 71.5 cm³/mol. The van der Waals surface area contributed by atoms with Gasteiger partial charge in [-0.2, -0.15) is 8.78 Å². The zero-order valence-corrected chi connectivity index (χ0v) is 11.3. The van der Waals surface area contributed by atoms with Crippen LogP contribution in [0.4, 0.5) is 19.3 Å². The third-order valence-corrected chi connectivity index (χ3v) is 2.47. The zero-order valence-electron chi connectivity index (χ0n) is 11.3. The highest BCUT2D eigenvalue weighted by Crippen LogP contribution is 2.17. The van der Waals surface area contributed by atoms with Crippen LogP contribution in [0.25, 0.3) is 0 Å². The van der Waals surface area contributed by atoms with Crippen molar-refractivity contribution in [1.29, 1.82) is 0 Å². The van der Waals surface area contributed by atoms with Gasteiger partial charge in [0.25, 0.3) is 0 Å². The molecule has 0 heterocycles. The number of hydrogen-bond acceptors (Lipinski definition) is 3. The second kappa shape index (κ2) is 8.03. The van der Waals surface area contributed by atoms with Gasteiger partial charge >= 0.3 is 18.6 Å². The maximum atomic E-state index is 12.0. The summed E-state index contributed by atoms with van der Waals surface area (Å²) in [5.74, 6) is -1.14. The number of urea groups is 1. The van der Waals surface area contributed by atoms with Crippen LogP contribution < -0.4 is 15.4 Å². The minimum Gasteiger partial charge on any atom is -0.481 e. The average Bonchev–Trinajstić information content (AvgIpc) is 2.37. The highest BCUT2D eigenvalue weighted by Gasteiger charge is 2.09. The molecule has 1 aromatic carbocycles. The summed E-state index contributed by atoms with van der Waals surface area (Å²) in [7, 11) is 0. The summed E-state index contributed by atoms with van der Waals surface area (Å²) in [4.78, 5) is 22.0. The van der Waals surface area contributed by atoms with Crippen LogP contribution in [0.15, 0.2) is 24.3 Å². The van der Waals surface area contributed by atoms with Crippen molar-refractivity contribution in [2.24, 2.45) is 5.92 Å². The number of alkyl halides is 2. The third kappa shape index (κ3) is 7.09. The molecule has 0 radical (unpaired) electrons. The van der Waals surface area contributed by atoms with Crippen LogP contribution in [-0.4, -0.2) is 30.3 Å². The van der Waals surface area contributed by atoms with Crippen molar-refractivity contribution in [3.8, 4) is 5.75 Å². The fourth-order valence-corrected chi connectivity index (χ4v) is 1.53. The van der Waals surface area contributed by atoms with E-state index < -0.39 is 18.6 Å². The molecule has 1 rings (SSSR count). The smallest absolute Gasteiger partial charge is 0.387 e. The standard InChI is InChI=1S/C13H16F2N2O4/c1-8(6-11(18)19)7-16-13(20)17-9-2-4-10(5-3-9)21-12(14)15/h2-5,8,12H,6-7H2,1H3,(H,18,19)(H2,16,17,20). The summed E-state index contributed by atoms with van der Waals surface area (Å²) >= 11 is 0. The van der Waals surface area contributed by atoms with Gasteiger partial charge in [0.1, 0.15) is 5.75 Å². The molecule has 0 bridgehead atoms. The molecule has 0 spiro atoms. The average molecular weight is 302 g/mol. The number of benzene rings is 1. The maximum Gasteiger partial charge on any atom is 0.387 e. The number of hydrogen-bond donors (Lipinski definition) is 3. The first-order valence-corrected chi connectivity index (χ1v) is 6.18. The molecule has 0 aromatic heterocycles. The molecule has 1 aromatic rings. The van der Waals surface area contributed by atoms with Crippen molar-refractivity contribution in [3.05, 3.63) is 24.3 Å². The largest absolute Gasteiger partial charge is 0.481 e. The fourth-order valence-electron chi connectivity index (χ4n) is 1.53. The molecule has 0 saturated carbocycles. The molecule has 0 aliphatic carbocycles. The SMILES string of the molecule is CC(CNC(=O)Nc1ccc(OC(F)F)cc1)CC(=O)O. The van der Waals surface area contributed by atoms with Gasteiger partial charge in [0.2, 0.25) is 0 Å². The van der Waals surface area contributed by atoms with E-state index in [9.17, 15) is 18.4 Å². The Balaban J connectivity index is 2.39. The maximum absolute atomic E-state index is 12.0. The Labute approximate surface area is 120 Å². The number of carbonyl (C=O) groups excluding carboxylic acids is 1. The van der Waals surface area contributed by atoms with E-state index in [1.165, 1.54) is 24.3 Å². The van der Waals surface area contributed by atoms with Crippen molar-refractivity contribution < 1.29 is 28.2 Å². The molecule has 0 saturated heterocycles. The number of ether oxygens (including phenoxy) is 1. The van der Waals surface area contributed by atoms with Crippen molar-refractivity contribution in [3.63, 3.8) is 0 Å². The summed E-state index contributed by atoms with van der Waals surface area (Å²) in [6, 6.07) is 4.93. The molecule has 1 unspecified atom stereocenters.